The number of benzene rings is 4. The smallest absolute Gasteiger partial charge is 0.249 e. The van der Waals surface area contributed by atoms with E-state index in [1.54, 1.807) is 0 Å². The van der Waals surface area contributed by atoms with Crippen LogP contribution in [0.5, 0.6) is 0 Å². The number of aryl methyl sites for hydroxylation is 7. The Morgan fingerprint density at radius 3 is 2.02 bits per heavy atom. The van der Waals surface area contributed by atoms with Crippen molar-refractivity contribution in [2.45, 2.75) is 69.2 Å². The zero-order chi connectivity index (χ0) is 30.8. The minimum atomic E-state index is 0.0946. The van der Waals surface area contributed by atoms with Crippen molar-refractivity contribution in [2.75, 3.05) is 10.2 Å². The molecule has 0 saturated carbocycles. The lowest BCUT2D eigenvalue weighted by Gasteiger charge is -2.39. The van der Waals surface area contributed by atoms with E-state index in [1.807, 2.05) is 0 Å². The van der Waals surface area contributed by atoms with Crippen molar-refractivity contribution in [1.29, 1.82) is 0 Å². The third kappa shape index (κ3) is 5.03. The van der Waals surface area contributed by atoms with Gasteiger partial charge in [-0.3, -0.25) is 0 Å². The minimum absolute atomic E-state index is 0.0946. The first-order valence-electron chi connectivity index (χ1n) is 15.7. The van der Waals surface area contributed by atoms with E-state index in [0.29, 0.717) is 5.92 Å². The zero-order valence-corrected chi connectivity index (χ0v) is 27.6. The maximum Gasteiger partial charge on any atom is 0.249 e. The van der Waals surface area contributed by atoms with Crippen LogP contribution >= 0.6 is 0 Å². The minimum Gasteiger partial charge on any atom is -0.356 e. The van der Waals surface area contributed by atoms with E-state index in [1.165, 1.54) is 83.8 Å². The zero-order valence-electron chi connectivity index (χ0n) is 27.6. The molecule has 1 heterocycles. The normalized spacial score (nSPS) is 17.0. The quantitative estimate of drug-likeness (QED) is 0.220. The standard InChI is InChI=1S/C40H45BN2/c1-24-14-15-33(18-26(24)3)43-37-13-11-12-25(2)39(37)41(35-20-28(5)30(7)22-38(35)43)34-19-27(4)29(6)21-36(34)42-32-16-17-40(9,10)31(8)23-32/h11-23,31,42H,1-10H3. The van der Waals surface area contributed by atoms with Gasteiger partial charge >= 0.3 is 0 Å². The Bertz CT molecular complexity index is 1820. The molecular formula is C40H45BN2. The summed E-state index contributed by atoms with van der Waals surface area (Å²) in [6.45, 7) is 22.7. The van der Waals surface area contributed by atoms with Crippen molar-refractivity contribution in [1.82, 2.24) is 0 Å². The second kappa shape index (κ2) is 10.6. The van der Waals surface area contributed by atoms with Gasteiger partial charge in [-0.15, -0.1) is 0 Å². The van der Waals surface area contributed by atoms with Crippen LogP contribution in [0.15, 0.2) is 84.6 Å². The molecule has 2 nitrogen and oxygen atoms in total. The maximum absolute atomic E-state index is 3.91. The molecule has 4 aromatic rings. The highest BCUT2D eigenvalue weighted by atomic mass is 15.1. The lowest BCUT2D eigenvalue weighted by atomic mass is 9.34. The highest BCUT2D eigenvalue weighted by Gasteiger charge is 2.38. The summed E-state index contributed by atoms with van der Waals surface area (Å²) in [4.78, 5) is 2.50. The predicted molar refractivity (Wildman–Crippen MR) is 189 cm³/mol. The average Bonchev–Trinajstić information content (AvgIpc) is 2.94. The van der Waals surface area contributed by atoms with Gasteiger partial charge in [0.15, 0.2) is 0 Å². The summed E-state index contributed by atoms with van der Waals surface area (Å²) in [7, 11) is 0. The molecule has 0 spiro atoms. The lowest BCUT2D eigenvalue weighted by Crippen LogP contribution is -2.58. The summed E-state index contributed by atoms with van der Waals surface area (Å²) in [5, 5.41) is 3.91. The van der Waals surface area contributed by atoms with Crippen LogP contribution in [0, 0.1) is 59.8 Å². The van der Waals surface area contributed by atoms with Crippen molar-refractivity contribution in [3.63, 3.8) is 0 Å². The second-order valence-electron chi connectivity index (χ2n) is 13.8. The number of hydrogen-bond donors (Lipinski definition) is 1. The van der Waals surface area contributed by atoms with Gasteiger partial charge in [-0.25, -0.2) is 0 Å². The molecule has 1 aliphatic carbocycles. The van der Waals surface area contributed by atoms with Crippen LogP contribution in [0.3, 0.4) is 0 Å². The van der Waals surface area contributed by atoms with Crippen LogP contribution in [0.4, 0.5) is 22.7 Å². The molecule has 43 heavy (non-hydrogen) atoms. The lowest BCUT2D eigenvalue weighted by molar-refractivity contribution is 0.362. The third-order valence-corrected chi connectivity index (χ3v) is 10.3. The molecule has 0 amide bonds. The molecule has 6 rings (SSSR count). The fourth-order valence-electron chi connectivity index (χ4n) is 6.66. The molecule has 1 atom stereocenters. The van der Waals surface area contributed by atoms with Gasteiger partial charge in [0.05, 0.1) is 0 Å². The Labute approximate surface area is 259 Å². The van der Waals surface area contributed by atoms with E-state index < -0.39 is 0 Å². The predicted octanol–water partition coefficient (Wildman–Crippen LogP) is 8.67. The summed E-state index contributed by atoms with van der Waals surface area (Å²) in [5.41, 5.74) is 19.5. The van der Waals surface area contributed by atoms with Crippen LogP contribution in [0.1, 0.15) is 59.7 Å². The molecule has 2 aliphatic rings. The van der Waals surface area contributed by atoms with Crippen LogP contribution in [0.2, 0.25) is 0 Å². The number of hydrogen-bond acceptors (Lipinski definition) is 2. The Morgan fingerprint density at radius 2 is 1.33 bits per heavy atom. The van der Waals surface area contributed by atoms with Crippen LogP contribution < -0.4 is 26.6 Å². The van der Waals surface area contributed by atoms with Crippen molar-refractivity contribution in [3.8, 4) is 0 Å². The van der Waals surface area contributed by atoms with E-state index in [4.69, 9.17) is 0 Å². The van der Waals surface area contributed by atoms with E-state index >= 15 is 0 Å². The summed E-state index contributed by atoms with van der Waals surface area (Å²) in [5.74, 6) is 0.450. The molecule has 0 fully saturated rings. The number of rotatable bonds is 4. The topological polar surface area (TPSA) is 15.3 Å². The summed E-state index contributed by atoms with van der Waals surface area (Å²) in [6.07, 6.45) is 7.01. The molecular weight excluding hydrogens is 519 g/mol. The molecule has 1 aliphatic heterocycles. The number of anilines is 4. The van der Waals surface area contributed by atoms with Gasteiger partial charge < -0.3 is 10.2 Å². The number of fused-ring (bicyclic) bond motifs is 2. The van der Waals surface area contributed by atoms with Gasteiger partial charge in [-0.2, -0.15) is 0 Å². The van der Waals surface area contributed by atoms with Crippen LogP contribution in [-0.4, -0.2) is 6.71 Å². The van der Waals surface area contributed by atoms with E-state index in [0.717, 1.165) is 0 Å². The van der Waals surface area contributed by atoms with Crippen LogP contribution in [-0.2, 0) is 0 Å². The Morgan fingerprint density at radius 1 is 0.674 bits per heavy atom. The molecule has 218 valence electrons. The van der Waals surface area contributed by atoms with Crippen molar-refractivity contribution < 1.29 is 0 Å². The highest BCUT2D eigenvalue weighted by Crippen LogP contribution is 2.39. The van der Waals surface area contributed by atoms with E-state index in [9.17, 15) is 0 Å². The Hall–Kier alpha value is -3.98. The third-order valence-electron chi connectivity index (χ3n) is 10.3. The fraction of sp³-hybridized carbons (Fsp3) is 0.300. The molecule has 3 heteroatoms. The van der Waals surface area contributed by atoms with Gasteiger partial charge in [-0.1, -0.05) is 68.8 Å². The molecule has 0 saturated heterocycles. The first kappa shape index (κ1) is 29.1. The van der Waals surface area contributed by atoms with Gasteiger partial charge in [0.1, 0.15) is 0 Å². The molecule has 1 N–H and O–H groups in total. The monoisotopic (exact) mass is 564 g/mol. The Kier molecular flexibility index (Phi) is 7.20. The SMILES string of the molecule is Cc1ccc(N2c3cc(C)c(C)cc3B(c3cc(C)c(C)cc3NC3=CC(C)C(C)(C)C=C3)c3c(C)cccc32)cc1C. The van der Waals surface area contributed by atoms with Gasteiger partial charge in [0.25, 0.3) is 0 Å². The Balaban J connectivity index is 1.61. The van der Waals surface area contributed by atoms with E-state index in [2.05, 4.69) is 158 Å². The van der Waals surface area contributed by atoms with Crippen LogP contribution in [0.25, 0.3) is 0 Å². The number of allylic oxidation sites excluding steroid dienone is 3. The fourth-order valence-corrected chi connectivity index (χ4v) is 6.66. The second-order valence-corrected chi connectivity index (χ2v) is 13.8. The summed E-state index contributed by atoms with van der Waals surface area (Å²) >= 11 is 0. The summed E-state index contributed by atoms with van der Waals surface area (Å²) in [6, 6.07) is 23.3. The van der Waals surface area contributed by atoms with E-state index in [-0.39, 0.29) is 12.1 Å². The average molecular weight is 565 g/mol. The molecule has 0 bridgehead atoms. The van der Waals surface area contributed by atoms with Crippen molar-refractivity contribution in [3.05, 3.63) is 124 Å². The molecule has 0 radical (unpaired) electrons. The number of nitrogens with zero attached hydrogens (tertiary/aromatic N) is 1. The van der Waals surface area contributed by atoms with Crippen molar-refractivity contribution >= 4 is 45.9 Å². The first-order chi connectivity index (χ1) is 20.4. The van der Waals surface area contributed by atoms with Crippen molar-refractivity contribution in [2.24, 2.45) is 11.3 Å². The number of nitrogens with one attached hydrogen (secondary N) is 1. The maximum atomic E-state index is 3.91. The summed E-state index contributed by atoms with van der Waals surface area (Å²) < 4.78 is 0. The molecule has 0 aromatic heterocycles. The molecule has 4 aromatic carbocycles. The first-order valence-corrected chi connectivity index (χ1v) is 15.7. The van der Waals surface area contributed by atoms with Gasteiger partial charge in [0, 0.05) is 28.4 Å². The van der Waals surface area contributed by atoms with Gasteiger partial charge in [-0.05, 0) is 146 Å². The van der Waals surface area contributed by atoms with Gasteiger partial charge in [0.2, 0.25) is 6.71 Å². The largest absolute Gasteiger partial charge is 0.356 e. The highest BCUT2D eigenvalue weighted by molar-refractivity contribution is 6.99. The molecule has 1 unspecified atom stereocenters.